The summed E-state index contributed by atoms with van der Waals surface area (Å²) in [5, 5.41) is 8.66. The normalized spacial score (nSPS) is 11.2. The summed E-state index contributed by atoms with van der Waals surface area (Å²) in [6.45, 7) is -0.000119. The molecule has 2 aromatic rings. The summed E-state index contributed by atoms with van der Waals surface area (Å²) >= 11 is 0.892. The quantitative estimate of drug-likeness (QED) is 0.940. The third-order valence-electron chi connectivity index (χ3n) is 2.31. The molecule has 1 heterocycles. The Balaban J connectivity index is 2.12. The van der Waals surface area contributed by atoms with Crippen LogP contribution in [0.4, 0.5) is 4.39 Å². The van der Waals surface area contributed by atoms with Gasteiger partial charge < -0.3 is 0 Å². The van der Waals surface area contributed by atoms with E-state index in [1.165, 1.54) is 30.3 Å². The molecule has 0 aliphatic rings. The molecule has 1 aromatic carbocycles. The van der Waals surface area contributed by atoms with Crippen molar-refractivity contribution in [1.82, 2.24) is 4.72 Å². The molecule has 7 heteroatoms. The van der Waals surface area contributed by atoms with Gasteiger partial charge in [0.05, 0.1) is 0 Å². The fraction of sp³-hybridized carbons (Fsp3) is 0.0833. The molecule has 2 rings (SSSR count). The Bertz CT molecular complexity index is 732. The van der Waals surface area contributed by atoms with Gasteiger partial charge in [-0.25, -0.2) is 17.5 Å². The number of rotatable bonds is 4. The summed E-state index contributed by atoms with van der Waals surface area (Å²) in [4.78, 5) is 0.325. The first-order valence-corrected chi connectivity index (χ1v) is 7.55. The Morgan fingerprint density at radius 3 is 2.74 bits per heavy atom. The monoisotopic (exact) mass is 296 g/mol. The maximum absolute atomic E-state index is 12.9. The second-order valence-electron chi connectivity index (χ2n) is 3.68. The Morgan fingerprint density at radius 1 is 1.32 bits per heavy atom. The molecule has 98 valence electrons. The third-order valence-corrected chi connectivity index (χ3v) is 5.19. The zero-order valence-electron chi connectivity index (χ0n) is 9.63. The Labute approximate surface area is 114 Å². The molecule has 0 aliphatic heterocycles. The van der Waals surface area contributed by atoms with Gasteiger partial charge in [0.2, 0.25) is 10.0 Å². The average Bonchev–Trinajstić information content (AvgIpc) is 2.86. The van der Waals surface area contributed by atoms with Crippen LogP contribution in [-0.2, 0) is 16.6 Å². The number of nitrogens with one attached hydrogen (secondary N) is 1. The molecule has 0 saturated carbocycles. The number of sulfonamides is 1. The summed E-state index contributed by atoms with van der Waals surface area (Å²) in [6, 6.07) is 10.4. The van der Waals surface area contributed by atoms with E-state index in [0.29, 0.717) is 10.4 Å². The van der Waals surface area contributed by atoms with Gasteiger partial charge in [0.25, 0.3) is 0 Å². The number of thiophene rings is 1. The highest BCUT2D eigenvalue weighted by molar-refractivity contribution is 7.91. The van der Waals surface area contributed by atoms with Crippen molar-refractivity contribution in [2.24, 2.45) is 0 Å². The minimum atomic E-state index is -3.67. The van der Waals surface area contributed by atoms with Crippen molar-refractivity contribution < 1.29 is 12.8 Å². The van der Waals surface area contributed by atoms with Crippen molar-refractivity contribution in [3.05, 3.63) is 52.7 Å². The summed E-state index contributed by atoms with van der Waals surface area (Å²) in [6.07, 6.45) is 0. The van der Waals surface area contributed by atoms with E-state index in [4.69, 9.17) is 5.26 Å². The molecular formula is C12H9FN2O2S2. The summed E-state index contributed by atoms with van der Waals surface area (Å²) < 4.78 is 39.2. The number of halogens is 1. The van der Waals surface area contributed by atoms with Crippen LogP contribution in [0.15, 0.2) is 40.6 Å². The van der Waals surface area contributed by atoms with Crippen LogP contribution < -0.4 is 4.72 Å². The minimum absolute atomic E-state index is 0.000119. The zero-order valence-corrected chi connectivity index (χ0v) is 11.3. The lowest BCUT2D eigenvalue weighted by molar-refractivity contribution is 0.582. The van der Waals surface area contributed by atoms with E-state index in [2.05, 4.69) is 4.72 Å². The number of nitrogens with zero attached hydrogens (tertiary/aromatic N) is 1. The number of hydrogen-bond donors (Lipinski definition) is 1. The number of benzene rings is 1. The van der Waals surface area contributed by atoms with Crippen LogP contribution >= 0.6 is 11.3 Å². The Morgan fingerprint density at radius 2 is 2.11 bits per heavy atom. The fourth-order valence-electron chi connectivity index (χ4n) is 1.42. The molecule has 0 bridgehead atoms. The van der Waals surface area contributed by atoms with Crippen molar-refractivity contribution in [2.75, 3.05) is 0 Å². The largest absolute Gasteiger partial charge is 0.250 e. The first-order valence-electron chi connectivity index (χ1n) is 5.25. The predicted molar refractivity (Wildman–Crippen MR) is 69.5 cm³/mol. The summed E-state index contributed by atoms with van der Waals surface area (Å²) in [7, 11) is -3.67. The second-order valence-corrected chi connectivity index (χ2v) is 6.76. The van der Waals surface area contributed by atoms with Crippen LogP contribution in [0.25, 0.3) is 0 Å². The van der Waals surface area contributed by atoms with Crippen molar-refractivity contribution in [2.45, 2.75) is 10.8 Å². The van der Waals surface area contributed by atoms with E-state index in [1.54, 1.807) is 6.07 Å². The van der Waals surface area contributed by atoms with Gasteiger partial charge in [-0.15, -0.1) is 11.3 Å². The summed E-state index contributed by atoms with van der Waals surface area (Å²) in [5.41, 5.74) is 0.528. The van der Waals surface area contributed by atoms with Crippen molar-refractivity contribution >= 4 is 21.4 Å². The lowest BCUT2D eigenvalue weighted by atomic mass is 10.2. The summed E-state index contributed by atoms with van der Waals surface area (Å²) in [5.74, 6) is -0.417. The minimum Gasteiger partial charge on any atom is -0.207 e. The van der Waals surface area contributed by atoms with Gasteiger partial charge in [0.15, 0.2) is 0 Å². The van der Waals surface area contributed by atoms with Crippen LogP contribution in [-0.4, -0.2) is 8.42 Å². The highest BCUT2D eigenvalue weighted by Gasteiger charge is 2.16. The van der Waals surface area contributed by atoms with Gasteiger partial charge in [-0.2, -0.15) is 5.26 Å². The molecular weight excluding hydrogens is 287 g/mol. The van der Waals surface area contributed by atoms with E-state index >= 15 is 0 Å². The van der Waals surface area contributed by atoms with Gasteiger partial charge >= 0.3 is 0 Å². The van der Waals surface area contributed by atoms with Crippen LogP contribution in [0, 0.1) is 17.1 Å². The van der Waals surface area contributed by atoms with Gasteiger partial charge in [-0.05, 0) is 29.8 Å². The van der Waals surface area contributed by atoms with Gasteiger partial charge in [0.1, 0.15) is 21.0 Å². The maximum Gasteiger partial charge on any atom is 0.250 e. The number of nitriles is 1. The van der Waals surface area contributed by atoms with Crippen LogP contribution in [0.2, 0.25) is 0 Å². The van der Waals surface area contributed by atoms with E-state index in [0.717, 1.165) is 11.3 Å². The first-order chi connectivity index (χ1) is 9.01. The van der Waals surface area contributed by atoms with Crippen LogP contribution in [0.3, 0.4) is 0 Å². The molecule has 0 aliphatic carbocycles. The topological polar surface area (TPSA) is 70.0 Å². The number of hydrogen-bond acceptors (Lipinski definition) is 4. The smallest absolute Gasteiger partial charge is 0.207 e. The molecule has 0 saturated heterocycles. The van der Waals surface area contributed by atoms with Gasteiger partial charge in [-0.1, -0.05) is 12.1 Å². The lowest BCUT2D eigenvalue weighted by Crippen LogP contribution is -2.22. The van der Waals surface area contributed by atoms with Gasteiger partial charge in [-0.3, -0.25) is 0 Å². The SMILES string of the molecule is N#Cc1ccc(S(=O)(=O)NCc2cccc(F)c2)s1. The van der Waals surface area contributed by atoms with Crippen molar-refractivity contribution in [3.63, 3.8) is 0 Å². The van der Waals surface area contributed by atoms with E-state index in [1.807, 2.05) is 6.07 Å². The zero-order chi connectivity index (χ0) is 13.9. The molecule has 0 radical (unpaired) electrons. The van der Waals surface area contributed by atoms with E-state index < -0.39 is 15.8 Å². The standard InChI is InChI=1S/C12H9FN2O2S2/c13-10-3-1-2-9(6-10)8-15-19(16,17)12-5-4-11(7-14)18-12/h1-6,15H,8H2. The molecule has 19 heavy (non-hydrogen) atoms. The van der Waals surface area contributed by atoms with Crippen LogP contribution in [0.5, 0.6) is 0 Å². The van der Waals surface area contributed by atoms with Crippen molar-refractivity contribution in [3.8, 4) is 6.07 Å². The fourth-order valence-corrected chi connectivity index (χ4v) is 3.59. The highest BCUT2D eigenvalue weighted by Crippen LogP contribution is 2.20. The predicted octanol–water partition coefficient (Wildman–Crippen LogP) is 2.24. The second kappa shape index (κ2) is 5.48. The Hall–Kier alpha value is -1.75. The molecule has 1 N–H and O–H groups in total. The molecule has 0 unspecified atom stereocenters. The molecule has 0 amide bonds. The molecule has 0 fully saturated rings. The van der Waals surface area contributed by atoms with Crippen LogP contribution in [0.1, 0.15) is 10.4 Å². The molecule has 1 aromatic heterocycles. The lowest BCUT2D eigenvalue weighted by Gasteiger charge is -2.04. The maximum atomic E-state index is 12.9. The molecule has 4 nitrogen and oxygen atoms in total. The first kappa shape index (κ1) is 13.7. The average molecular weight is 296 g/mol. The van der Waals surface area contributed by atoms with E-state index in [-0.39, 0.29) is 10.8 Å². The Kier molecular flexibility index (Phi) is 3.95. The highest BCUT2D eigenvalue weighted by atomic mass is 32.2. The molecule has 0 atom stereocenters. The van der Waals surface area contributed by atoms with E-state index in [9.17, 15) is 12.8 Å². The molecule has 0 spiro atoms. The van der Waals surface area contributed by atoms with Crippen molar-refractivity contribution in [1.29, 1.82) is 5.26 Å². The van der Waals surface area contributed by atoms with Gasteiger partial charge in [0, 0.05) is 6.54 Å². The third kappa shape index (κ3) is 3.38.